The molecule has 0 aliphatic carbocycles. The molecule has 0 spiro atoms. The van der Waals surface area contributed by atoms with Crippen LogP contribution in [0.1, 0.15) is 25.5 Å². The normalized spacial score (nSPS) is 11.1. The highest BCUT2D eigenvalue weighted by Crippen LogP contribution is 2.18. The van der Waals surface area contributed by atoms with Gasteiger partial charge in [-0.3, -0.25) is 0 Å². The fourth-order valence-corrected chi connectivity index (χ4v) is 1.14. The summed E-state index contributed by atoms with van der Waals surface area (Å²) < 4.78 is 6.01. The number of nitrogen functional groups attached to an aromatic ring is 1. The third kappa shape index (κ3) is 1.22. The van der Waals surface area contributed by atoms with E-state index in [0.717, 1.165) is 5.69 Å². The third-order valence-electron chi connectivity index (χ3n) is 1.86. The SMILES string of the molecule is CC(C)c1cnnn1-c1nonc1N. The van der Waals surface area contributed by atoms with Crippen molar-refractivity contribution in [1.29, 1.82) is 0 Å². The van der Waals surface area contributed by atoms with E-state index in [0.29, 0.717) is 5.82 Å². The Morgan fingerprint density at radius 1 is 1.43 bits per heavy atom. The summed E-state index contributed by atoms with van der Waals surface area (Å²) in [4.78, 5) is 0. The molecule has 2 heterocycles. The number of nitrogens with zero attached hydrogens (tertiary/aromatic N) is 5. The van der Waals surface area contributed by atoms with Crippen molar-refractivity contribution in [3.63, 3.8) is 0 Å². The first-order valence-electron chi connectivity index (χ1n) is 4.19. The van der Waals surface area contributed by atoms with Crippen molar-refractivity contribution in [2.45, 2.75) is 19.8 Å². The van der Waals surface area contributed by atoms with E-state index in [2.05, 4.69) is 25.3 Å². The molecular weight excluding hydrogens is 184 g/mol. The van der Waals surface area contributed by atoms with Gasteiger partial charge < -0.3 is 5.73 Å². The molecule has 0 aliphatic rings. The summed E-state index contributed by atoms with van der Waals surface area (Å²) in [6, 6.07) is 0. The zero-order chi connectivity index (χ0) is 10.1. The highest BCUT2D eigenvalue weighted by atomic mass is 16.6. The topological polar surface area (TPSA) is 95.6 Å². The molecule has 2 N–H and O–H groups in total. The highest BCUT2D eigenvalue weighted by Gasteiger charge is 2.15. The van der Waals surface area contributed by atoms with Crippen LogP contribution in [0.25, 0.3) is 5.82 Å². The number of hydrogen-bond acceptors (Lipinski definition) is 6. The zero-order valence-corrected chi connectivity index (χ0v) is 7.88. The van der Waals surface area contributed by atoms with Crippen LogP contribution < -0.4 is 5.73 Å². The van der Waals surface area contributed by atoms with Crippen molar-refractivity contribution >= 4 is 5.82 Å². The molecule has 2 rings (SSSR count). The van der Waals surface area contributed by atoms with Crippen LogP contribution in [0.2, 0.25) is 0 Å². The Morgan fingerprint density at radius 2 is 2.21 bits per heavy atom. The maximum Gasteiger partial charge on any atom is 0.243 e. The fraction of sp³-hybridized carbons (Fsp3) is 0.429. The van der Waals surface area contributed by atoms with Gasteiger partial charge in [0.2, 0.25) is 11.6 Å². The minimum atomic E-state index is 0.206. The van der Waals surface area contributed by atoms with Crippen molar-refractivity contribution in [3.8, 4) is 5.82 Å². The van der Waals surface area contributed by atoms with Crippen LogP contribution >= 0.6 is 0 Å². The Morgan fingerprint density at radius 3 is 2.79 bits per heavy atom. The summed E-state index contributed by atoms with van der Waals surface area (Å²) in [5.41, 5.74) is 6.45. The number of aromatic nitrogens is 5. The molecule has 2 aromatic rings. The average molecular weight is 194 g/mol. The second-order valence-electron chi connectivity index (χ2n) is 3.20. The largest absolute Gasteiger partial charge is 0.378 e. The summed E-state index contributed by atoms with van der Waals surface area (Å²) in [6.07, 6.45) is 1.67. The van der Waals surface area contributed by atoms with Gasteiger partial charge in [0.25, 0.3) is 0 Å². The van der Waals surface area contributed by atoms with Gasteiger partial charge in [0.15, 0.2) is 0 Å². The summed E-state index contributed by atoms with van der Waals surface area (Å²) in [7, 11) is 0. The molecule has 0 unspecified atom stereocenters. The monoisotopic (exact) mass is 194 g/mol. The molecular formula is C7H10N6O. The van der Waals surface area contributed by atoms with E-state index in [1.807, 2.05) is 13.8 Å². The lowest BCUT2D eigenvalue weighted by molar-refractivity contribution is 0.306. The van der Waals surface area contributed by atoms with Gasteiger partial charge >= 0.3 is 0 Å². The van der Waals surface area contributed by atoms with Crippen LogP contribution in [-0.4, -0.2) is 25.3 Å². The smallest absolute Gasteiger partial charge is 0.243 e. The molecule has 2 aromatic heterocycles. The van der Waals surface area contributed by atoms with Crippen molar-refractivity contribution < 1.29 is 4.63 Å². The molecule has 0 fully saturated rings. The summed E-state index contributed by atoms with van der Waals surface area (Å²) >= 11 is 0. The van der Waals surface area contributed by atoms with Crippen LogP contribution in [0.15, 0.2) is 10.8 Å². The quantitative estimate of drug-likeness (QED) is 0.741. The zero-order valence-electron chi connectivity index (χ0n) is 7.88. The van der Waals surface area contributed by atoms with Crippen molar-refractivity contribution in [2.24, 2.45) is 0 Å². The van der Waals surface area contributed by atoms with Crippen molar-refractivity contribution in [1.82, 2.24) is 25.3 Å². The third-order valence-corrected chi connectivity index (χ3v) is 1.86. The van der Waals surface area contributed by atoms with Crippen LogP contribution in [-0.2, 0) is 0 Å². The van der Waals surface area contributed by atoms with Crippen LogP contribution in [0, 0.1) is 0 Å². The molecule has 7 nitrogen and oxygen atoms in total. The van der Waals surface area contributed by atoms with Gasteiger partial charge in [-0.2, -0.15) is 4.68 Å². The van der Waals surface area contributed by atoms with Gasteiger partial charge in [0.1, 0.15) is 0 Å². The van der Waals surface area contributed by atoms with E-state index < -0.39 is 0 Å². The maximum atomic E-state index is 5.54. The lowest BCUT2D eigenvalue weighted by Gasteiger charge is -2.04. The molecule has 0 radical (unpaired) electrons. The first-order chi connectivity index (χ1) is 6.70. The summed E-state index contributed by atoms with van der Waals surface area (Å²) in [5.74, 6) is 0.865. The fourth-order valence-electron chi connectivity index (χ4n) is 1.14. The number of nitrogens with two attached hydrogens (primary N) is 1. The Bertz CT molecular complexity index is 431. The standard InChI is InChI=1S/C7H10N6O/c1-4(2)5-3-9-12-13(5)7-6(8)10-14-11-7/h3-4H,1-2H3,(H2,8,10). The first-order valence-corrected chi connectivity index (χ1v) is 4.19. The van der Waals surface area contributed by atoms with E-state index in [1.165, 1.54) is 4.68 Å². The van der Waals surface area contributed by atoms with E-state index in [9.17, 15) is 0 Å². The predicted octanol–water partition coefficient (Wildman–Crippen LogP) is 0.356. The lowest BCUT2D eigenvalue weighted by Crippen LogP contribution is -2.06. The first kappa shape index (κ1) is 8.67. The van der Waals surface area contributed by atoms with Gasteiger partial charge in [0.05, 0.1) is 11.9 Å². The minimum absolute atomic E-state index is 0.206. The summed E-state index contributed by atoms with van der Waals surface area (Å²) in [5, 5.41) is 14.8. The molecule has 74 valence electrons. The van der Waals surface area contributed by atoms with Gasteiger partial charge in [0, 0.05) is 0 Å². The minimum Gasteiger partial charge on any atom is -0.378 e. The van der Waals surface area contributed by atoms with Crippen molar-refractivity contribution in [2.75, 3.05) is 5.73 Å². The molecule has 0 bridgehead atoms. The molecule has 0 aromatic carbocycles. The summed E-state index contributed by atoms with van der Waals surface area (Å²) in [6.45, 7) is 4.05. The van der Waals surface area contributed by atoms with Gasteiger partial charge in [-0.05, 0) is 16.2 Å². The molecule has 7 heteroatoms. The van der Waals surface area contributed by atoms with Gasteiger partial charge in [-0.1, -0.05) is 19.1 Å². The predicted molar refractivity (Wildman–Crippen MR) is 47.7 cm³/mol. The molecule has 0 aliphatic heterocycles. The molecule has 0 amide bonds. The van der Waals surface area contributed by atoms with E-state index in [4.69, 9.17) is 5.73 Å². The Hall–Kier alpha value is -1.92. The molecule has 14 heavy (non-hydrogen) atoms. The highest BCUT2D eigenvalue weighted by molar-refractivity contribution is 5.44. The number of rotatable bonds is 2. The second-order valence-corrected chi connectivity index (χ2v) is 3.20. The van der Waals surface area contributed by atoms with Crippen LogP contribution in [0.4, 0.5) is 5.82 Å². The van der Waals surface area contributed by atoms with E-state index >= 15 is 0 Å². The molecule has 0 atom stereocenters. The van der Waals surface area contributed by atoms with E-state index in [1.54, 1.807) is 6.20 Å². The van der Waals surface area contributed by atoms with Gasteiger partial charge in [-0.15, -0.1) is 5.10 Å². The lowest BCUT2D eigenvalue weighted by atomic mass is 10.1. The van der Waals surface area contributed by atoms with E-state index in [-0.39, 0.29) is 11.7 Å². The molecule has 0 saturated carbocycles. The second kappa shape index (κ2) is 3.09. The van der Waals surface area contributed by atoms with Gasteiger partial charge in [-0.25, -0.2) is 4.63 Å². The Kier molecular flexibility index (Phi) is 1.91. The number of anilines is 1. The van der Waals surface area contributed by atoms with Crippen LogP contribution in [0.3, 0.4) is 0 Å². The average Bonchev–Trinajstić information content (AvgIpc) is 2.70. The Labute approximate surface area is 79.9 Å². The van der Waals surface area contributed by atoms with Crippen molar-refractivity contribution in [3.05, 3.63) is 11.9 Å². The molecule has 0 saturated heterocycles. The number of hydrogen-bond donors (Lipinski definition) is 1. The maximum absolute atomic E-state index is 5.54. The van der Waals surface area contributed by atoms with Crippen LogP contribution in [0.5, 0.6) is 0 Å². The Balaban J connectivity index is 2.52.